The first-order chi connectivity index (χ1) is 7.72. The van der Waals surface area contributed by atoms with Crippen LogP contribution in [0.25, 0.3) is 0 Å². The van der Waals surface area contributed by atoms with Crippen molar-refractivity contribution in [1.82, 2.24) is 0 Å². The van der Waals surface area contributed by atoms with E-state index < -0.39 is 0 Å². The molecule has 1 aliphatic rings. The fourth-order valence-electron chi connectivity index (χ4n) is 2.04. The molecule has 1 saturated heterocycles. The third-order valence-electron chi connectivity index (χ3n) is 3.68. The molecule has 0 radical (unpaired) electrons. The fraction of sp³-hybridized carbons (Fsp3) is 0.571. The minimum Gasteiger partial charge on any atom is -0.375 e. The molecule has 0 aromatic heterocycles. The predicted octanol–water partition coefficient (Wildman–Crippen LogP) is 3.07. The standard InChI is InChI=1S/C14H20O2/c1-4-11(2)12-5-7-13(8-6-12)14(15-3)9-16-10-14/h5-8,11H,4,9-10H2,1-3H3. The Hall–Kier alpha value is -0.860. The van der Waals surface area contributed by atoms with E-state index in [9.17, 15) is 0 Å². The molecule has 2 heteroatoms. The number of hydrogen-bond donors (Lipinski definition) is 0. The lowest BCUT2D eigenvalue weighted by Gasteiger charge is -2.40. The van der Waals surface area contributed by atoms with E-state index in [1.807, 2.05) is 0 Å². The molecular weight excluding hydrogens is 200 g/mol. The summed E-state index contributed by atoms with van der Waals surface area (Å²) in [5, 5.41) is 0. The lowest BCUT2D eigenvalue weighted by atomic mass is 9.89. The lowest BCUT2D eigenvalue weighted by Crippen LogP contribution is -2.48. The van der Waals surface area contributed by atoms with Crippen molar-refractivity contribution in [2.24, 2.45) is 0 Å². The molecule has 1 unspecified atom stereocenters. The average molecular weight is 220 g/mol. The normalized spacial score (nSPS) is 20.2. The Morgan fingerprint density at radius 1 is 1.31 bits per heavy atom. The van der Waals surface area contributed by atoms with Gasteiger partial charge in [-0.25, -0.2) is 0 Å². The summed E-state index contributed by atoms with van der Waals surface area (Å²) < 4.78 is 10.8. The monoisotopic (exact) mass is 220 g/mol. The second-order valence-corrected chi connectivity index (χ2v) is 4.62. The SMILES string of the molecule is CCC(C)c1ccc(C2(OC)COC2)cc1. The predicted molar refractivity (Wildman–Crippen MR) is 64.7 cm³/mol. The van der Waals surface area contributed by atoms with Crippen LogP contribution in [0.15, 0.2) is 24.3 Å². The highest BCUT2D eigenvalue weighted by Gasteiger charge is 2.40. The zero-order valence-electron chi connectivity index (χ0n) is 10.3. The van der Waals surface area contributed by atoms with Crippen molar-refractivity contribution in [2.45, 2.75) is 31.8 Å². The highest BCUT2D eigenvalue weighted by atomic mass is 16.6. The van der Waals surface area contributed by atoms with E-state index in [2.05, 4.69) is 38.1 Å². The molecular formula is C14H20O2. The van der Waals surface area contributed by atoms with Crippen molar-refractivity contribution in [1.29, 1.82) is 0 Å². The van der Waals surface area contributed by atoms with Gasteiger partial charge in [0, 0.05) is 7.11 Å². The molecule has 1 aromatic rings. The molecule has 1 aliphatic heterocycles. The topological polar surface area (TPSA) is 18.5 Å². The van der Waals surface area contributed by atoms with Crippen LogP contribution in [0.2, 0.25) is 0 Å². The largest absolute Gasteiger partial charge is 0.375 e. The Kier molecular flexibility index (Phi) is 3.31. The average Bonchev–Trinajstić information content (AvgIpc) is 2.28. The smallest absolute Gasteiger partial charge is 0.139 e. The van der Waals surface area contributed by atoms with E-state index in [1.54, 1.807) is 7.11 Å². The Bertz CT molecular complexity index is 333. The molecule has 88 valence electrons. The number of benzene rings is 1. The zero-order chi connectivity index (χ0) is 11.6. The van der Waals surface area contributed by atoms with Crippen LogP contribution >= 0.6 is 0 Å². The molecule has 2 rings (SSSR count). The van der Waals surface area contributed by atoms with Crippen LogP contribution < -0.4 is 0 Å². The maximum atomic E-state index is 5.56. The number of methoxy groups -OCH3 is 1. The van der Waals surface area contributed by atoms with Gasteiger partial charge in [0.25, 0.3) is 0 Å². The number of ether oxygens (including phenoxy) is 2. The molecule has 1 atom stereocenters. The summed E-state index contributed by atoms with van der Waals surface area (Å²) in [6.07, 6.45) is 1.18. The highest BCUT2D eigenvalue weighted by Crippen LogP contribution is 2.33. The summed E-state index contributed by atoms with van der Waals surface area (Å²) in [6.45, 7) is 5.82. The van der Waals surface area contributed by atoms with E-state index in [0.717, 1.165) is 0 Å². The highest BCUT2D eigenvalue weighted by molar-refractivity contribution is 5.30. The van der Waals surface area contributed by atoms with Gasteiger partial charge in [-0.15, -0.1) is 0 Å². The third-order valence-corrected chi connectivity index (χ3v) is 3.68. The van der Waals surface area contributed by atoms with Crippen LogP contribution in [0, 0.1) is 0 Å². The van der Waals surface area contributed by atoms with Crippen LogP contribution in [0.3, 0.4) is 0 Å². The summed E-state index contributed by atoms with van der Waals surface area (Å²) in [5.74, 6) is 0.630. The molecule has 16 heavy (non-hydrogen) atoms. The minimum absolute atomic E-state index is 0.187. The number of rotatable bonds is 4. The molecule has 1 heterocycles. The molecule has 0 spiro atoms. The lowest BCUT2D eigenvalue weighted by molar-refractivity contribution is -0.202. The molecule has 2 nitrogen and oxygen atoms in total. The second kappa shape index (κ2) is 4.56. The van der Waals surface area contributed by atoms with Gasteiger partial charge in [0.15, 0.2) is 0 Å². The summed E-state index contributed by atoms with van der Waals surface area (Å²) in [4.78, 5) is 0. The van der Waals surface area contributed by atoms with Gasteiger partial charge < -0.3 is 9.47 Å². The van der Waals surface area contributed by atoms with Crippen LogP contribution in [0.1, 0.15) is 37.3 Å². The third kappa shape index (κ3) is 1.87. The van der Waals surface area contributed by atoms with Crippen molar-refractivity contribution < 1.29 is 9.47 Å². The van der Waals surface area contributed by atoms with Gasteiger partial charge in [-0.05, 0) is 23.5 Å². The Labute approximate surface area is 97.6 Å². The summed E-state index contributed by atoms with van der Waals surface area (Å²) in [6, 6.07) is 8.77. The summed E-state index contributed by atoms with van der Waals surface area (Å²) in [7, 11) is 1.76. The second-order valence-electron chi connectivity index (χ2n) is 4.62. The van der Waals surface area contributed by atoms with Crippen molar-refractivity contribution >= 4 is 0 Å². The van der Waals surface area contributed by atoms with Crippen molar-refractivity contribution in [2.75, 3.05) is 20.3 Å². The quantitative estimate of drug-likeness (QED) is 0.776. The summed E-state index contributed by atoms with van der Waals surface area (Å²) in [5.41, 5.74) is 2.44. The Morgan fingerprint density at radius 3 is 2.31 bits per heavy atom. The van der Waals surface area contributed by atoms with E-state index in [1.165, 1.54) is 17.5 Å². The molecule has 0 saturated carbocycles. The first-order valence-electron chi connectivity index (χ1n) is 5.95. The maximum Gasteiger partial charge on any atom is 0.139 e. The van der Waals surface area contributed by atoms with E-state index >= 15 is 0 Å². The molecule has 0 amide bonds. The molecule has 1 fully saturated rings. The maximum absolute atomic E-state index is 5.56. The Morgan fingerprint density at radius 2 is 1.94 bits per heavy atom. The number of hydrogen-bond acceptors (Lipinski definition) is 2. The van der Waals surface area contributed by atoms with Crippen molar-refractivity contribution in [3.8, 4) is 0 Å². The van der Waals surface area contributed by atoms with E-state index in [4.69, 9.17) is 9.47 Å². The van der Waals surface area contributed by atoms with Crippen molar-refractivity contribution in [3.05, 3.63) is 35.4 Å². The van der Waals surface area contributed by atoms with E-state index in [-0.39, 0.29) is 5.60 Å². The van der Waals surface area contributed by atoms with Gasteiger partial charge in [0.1, 0.15) is 5.60 Å². The van der Waals surface area contributed by atoms with E-state index in [0.29, 0.717) is 19.1 Å². The van der Waals surface area contributed by atoms with Gasteiger partial charge >= 0.3 is 0 Å². The molecule has 0 aliphatic carbocycles. The molecule has 1 aromatic carbocycles. The summed E-state index contributed by atoms with van der Waals surface area (Å²) >= 11 is 0. The van der Waals surface area contributed by atoms with Crippen LogP contribution in [-0.2, 0) is 15.1 Å². The van der Waals surface area contributed by atoms with Crippen LogP contribution in [0.4, 0.5) is 0 Å². The van der Waals surface area contributed by atoms with Crippen LogP contribution in [0.5, 0.6) is 0 Å². The Balaban J connectivity index is 2.18. The van der Waals surface area contributed by atoms with Gasteiger partial charge in [0.2, 0.25) is 0 Å². The van der Waals surface area contributed by atoms with Crippen molar-refractivity contribution in [3.63, 3.8) is 0 Å². The fourth-order valence-corrected chi connectivity index (χ4v) is 2.04. The van der Waals surface area contributed by atoms with Gasteiger partial charge in [-0.3, -0.25) is 0 Å². The van der Waals surface area contributed by atoms with Crippen LogP contribution in [-0.4, -0.2) is 20.3 Å². The van der Waals surface area contributed by atoms with Gasteiger partial charge in [-0.1, -0.05) is 38.1 Å². The zero-order valence-corrected chi connectivity index (χ0v) is 10.3. The minimum atomic E-state index is -0.187. The van der Waals surface area contributed by atoms with Gasteiger partial charge in [0.05, 0.1) is 13.2 Å². The molecule has 0 bridgehead atoms. The molecule has 0 N–H and O–H groups in total. The van der Waals surface area contributed by atoms with Gasteiger partial charge in [-0.2, -0.15) is 0 Å². The first kappa shape index (κ1) is 11.6. The first-order valence-corrected chi connectivity index (χ1v) is 5.95.